The van der Waals surface area contributed by atoms with Crippen molar-refractivity contribution in [1.29, 1.82) is 0 Å². The van der Waals surface area contributed by atoms with Crippen LogP contribution in [-0.4, -0.2) is 19.0 Å². The summed E-state index contributed by atoms with van der Waals surface area (Å²) in [5.74, 6) is 1.38. The van der Waals surface area contributed by atoms with Gasteiger partial charge >= 0.3 is 0 Å². The summed E-state index contributed by atoms with van der Waals surface area (Å²) in [5.41, 5.74) is 3.01. The third-order valence-corrected chi connectivity index (χ3v) is 4.58. The highest BCUT2D eigenvalue weighted by Crippen LogP contribution is 2.32. The van der Waals surface area contributed by atoms with Crippen LogP contribution in [0.4, 0.5) is 5.69 Å². The summed E-state index contributed by atoms with van der Waals surface area (Å²) in [6.45, 7) is 6.73. The first-order chi connectivity index (χ1) is 9.52. The topological polar surface area (TPSA) is 41.1 Å². The van der Waals surface area contributed by atoms with Crippen molar-refractivity contribution in [3.63, 3.8) is 0 Å². The lowest BCUT2D eigenvalue weighted by atomic mass is 9.78. The van der Waals surface area contributed by atoms with Gasteiger partial charge in [0, 0.05) is 24.3 Å². The van der Waals surface area contributed by atoms with Crippen LogP contribution in [0.15, 0.2) is 18.2 Å². The lowest BCUT2D eigenvalue weighted by molar-refractivity contribution is 0.0963. The van der Waals surface area contributed by atoms with Gasteiger partial charge in [0.1, 0.15) is 0 Å². The highest BCUT2D eigenvalue weighted by atomic mass is 16.1. The van der Waals surface area contributed by atoms with Crippen LogP contribution in [0.5, 0.6) is 0 Å². The Morgan fingerprint density at radius 3 is 2.40 bits per heavy atom. The highest BCUT2D eigenvalue weighted by Gasteiger charge is 2.27. The molecule has 0 spiro atoms. The van der Waals surface area contributed by atoms with Gasteiger partial charge in [0.05, 0.1) is 0 Å². The van der Waals surface area contributed by atoms with Gasteiger partial charge < -0.3 is 10.6 Å². The first-order valence-electron chi connectivity index (χ1n) is 7.62. The average Bonchev–Trinajstić information content (AvgIpc) is 2.43. The van der Waals surface area contributed by atoms with E-state index >= 15 is 0 Å². The molecule has 1 saturated carbocycles. The SMILES string of the molecule is CNC(=O)c1ccc(NC2C(C)CCCC2C)c(C)c1. The zero-order valence-electron chi connectivity index (χ0n) is 13.0. The maximum Gasteiger partial charge on any atom is 0.251 e. The molecular formula is C17H26N2O. The smallest absolute Gasteiger partial charge is 0.251 e. The van der Waals surface area contributed by atoms with Crippen LogP contribution in [-0.2, 0) is 0 Å². The second kappa shape index (κ2) is 6.29. The van der Waals surface area contributed by atoms with E-state index < -0.39 is 0 Å². The Morgan fingerprint density at radius 2 is 1.85 bits per heavy atom. The molecule has 1 aliphatic rings. The van der Waals surface area contributed by atoms with Crippen molar-refractivity contribution >= 4 is 11.6 Å². The van der Waals surface area contributed by atoms with Gasteiger partial charge in [0.25, 0.3) is 5.91 Å². The minimum atomic E-state index is -0.0287. The van der Waals surface area contributed by atoms with E-state index in [2.05, 4.69) is 31.4 Å². The van der Waals surface area contributed by atoms with Gasteiger partial charge in [0.2, 0.25) is 0 Å². The number of nitrogens with one attached hydrogen (secondary N) is 2. The van der Waals surface area contributed by atoms with E-state index in [4.69, 9.17) is 0 Å². The standard InChI is InChI=1S/C17H26N2O/c1-11-6-5-7-12(2)16(11)19-15-9-8-14(10-13(15)3)17(20)18-4/h8-12,16,19H,5-7H2,1-4H3,(H,18,20). The molecular weight excluding hydrogens is 248 g/mol. The second-order valence-electron chi connectivity index (χ2n) is 6.16. The van der Waals surface area contributed by atoms with Crippen LogP contribution in [0.25, 0.3) is 0 Å². The van der Waals surface area contributed by atoms with E-state index in [1.807, 2.05) is 18.2 Å². The number of hydrogen-bond donors (Lipinski definition) is 2. The van der Waals surface area contributed by atoms with E-state index in [1.165, 1.54) is 19.3 Å². The molecule has 2 N–H and O–H groups in total. The number of rotatable bonds is 3. The lowest BCUT2D eigenvalue weighted by Gasteiger charge is -2.36. The first-order valence-corrected chi connectivity index (χ1v) is 7.62. The second-order valence-corrected chi connectivity index (χ2v) is 6.16. The van der Waals surface area contributed by atoms with Crippen LogP contribution < -0.4 is 10.6 Å². The summed E-state index contributed by atoms with van der Waals surface area (Å²) in [7, 11) is 1.66. The summed E-state index contributed by atoms with van der Waals surface area (Å²) < 4.78 is 0. The maximum absolute atomic E-state index is 11.6. The maximum atomic E-state index is 11.6. The largest absolute Gasteiger partial charge is 0.382 e. The number of carbonyl (C=O) groups is 1. The van der Waals surface area contributed by atoms with Gasteiger partial charge in [-0.05, 0) is 55.4 Å². The fraction of sp³-hybridized carbons (Fsp3) is 0.588. The van der Waals surface area contributed by atoms with E-state index in [-0.39, 0.29) is 5.91 Å². The molecule has 0 radical (unpaired) electrons. The van der Waals surface area contributed by atoms with Gasteiger partial charge in [-0.25, -0.2) is 0 Å². The predicted molar refractivity (Wildman–Crippen MR) is 84.2 cm³/mol. The fourth-order valence-corrected chi connectivity index (χ4v) is 3.26. The molecule has 1 aromatic rings. The van der Waals surface area contributed by atoms with E-state index in [0.29, 0.717) is 17.9 Å². The number of anilines is 1. The van der Waals surface area contributed by atoms with E-state index in [1.54, 1.807) is 7.05 Å². The minimum Gasteiger partial charge on any atom is -0.382 e. The first kappa shape index (κ1) is 14.9. The monoisotopic (exact) mass is 274 g/mol. The van der Waals surface area contributed by atoms with Crippen molar-refractivity contribution in [1.82, 2.24) is 5.32 Å². The van der Waals surface area contributed by atoms with Crippen molar-refractivity contribution in [2.45, 2.75) is 46.1 Å². The van der Waals surface area contributed by atoms with Gasteiger partial charge in [0.15, 0.2) is 0 Å². The summed E-state index contributed by atoms with van der Waals surface area (Å²) >= 11 is 0. The molecule has 1 aromatic carbocycles. The molecule has 2 rings (SSSR count). The number of benzene rings is 1. The summed E-state index contributed by atoms with van der Waals surface area (Å²) in [5, 5.41) is 6.37. The minimum absolute atomic E-state index is 0.0287. The van der Waals surface area contributed by atoms with Crippen molar-refractivity contribution in [2.24, 2.45) is 11.8 Å². The molecule has 1 amide bonds. The lowest BCUT2D eigenvalue weighted by Crippen LogP contribution is -2.37. The van der Waals surface area contributed by atoms with Gasteiger partial charge in [-0.3, -0.25) is 4.79 Å². The van der Waals surface area contributed by atoms with Crippen molar-refractivity contribution < 1.29 is 4.79 Å². The summed E-state index contributed by atoms with van der Waals surface area (Å²) in [6, 6.07) is 6.42. The van der Waals surface area contributed by atoms with Crippen LogP contribution in [0.2, 0.25) is 0 Å². The number of amides is 1. The molecule has 0 aromatic heterocycles. The van der Waals surface area contributed by atoms with Crippen LogP contribution in [0.1, 0.15) is 49.0 Å². The molecule has 0 aliphatic heterocycles. The Morgan fingerprint density at radius 1 is 1.20 bits per heavy atom. The van der Waals surface area contributed by atoms with Gasteiger partial charge in [-0.15, -0.1) is 0 Å². The van der Waals surface area contributed by atoms with Crippen molar-refractivity contribution in [3.8, 4) is 0 Å². The third kappa shape index (κ3) is 3.14. The van der Waals surface area contributed by atoms with E-state index in [0.717, 1.165) is 16.8 Å². The summed E-state index contributed by atoms with van der Waals surface area (Å²) in [6.07, 6.45) is 3.95. The van der Waals surface area contributed by atoms with Crippen molar-refractivity contribution in [3.05, 3.63) is 29.3 Å². The van der Waals surface area contributed by atoms with Crippen LogP contribution in [0, 0.1) is 18.8 Å². The fourth-order valence-electron chi connectivity index (χ4n) is 3.26. The predicted octanol–water partition coefficient (Wildman–Crippen LogP) is 3.59. The zero-order valence-corrected chi connectivity index (χ0v) is 13.0. The Balaban J connectivity index is 2.15. The number of carbonyl (C=O) groups excluding carboxylic acids is 1. The molecule has 20 heavy (non-hydrogen) atoms. The molecule has 0 saturated heterocycles. The van der Waals surface area contributed by atoms with Gasteiger partial charge in [-0.1, -0.05) is 20.3 Å². The third-order valence-electron chi connectivity index (χ3n) is 4.58. The quantitative estimate of drug-likeness (QED) is 0.884. The molecule has 2 unspecified atom stereocenters. The normalized spacial score (nSPS) is 26.1. The molecule has 1 fully saturated rings. The van der Waals surface area contributed by atoms with E-state index in [9.17, 15) is 4.79 Å². The molecule has 0 heterocycles. The van der Waals surface area contributed by atoms with Crippen molar-refractivity contribution in [2.75, 3.05) is 12.4 Å². The van der Waals surface area contributed by atoms with Crippen LogP contribution >= 0.6 is 0 Å². The molecule has 3 heteroatoms. The number of aryl methyl sites for hydroxylation is 1. The Hall–Kier alpha value is -1.51. The Labute approximate surface area is 122 Å². The molecule has 110 valence electrons. The summed E-state index contributed by atoms with van der Waals surface area (Å²) in [4.78, 5) is 11.6. The zero-order chi connectivity index (χ0) is 14.7. The molecule has 1 aliphatic carbocycles. The Kier molecular flexibility index (Phi) is 4.69. The molecule has 2 atom stereocenters. The van der Waals surface area contributed by atoms with Crippen LogP contribution in [0.3, 0.4) is 0 Å². The average molecular weight is 274 g/mol. The molecule has 3 nitrogen and oxygen atoms in total. The number of hydrogen-bond acceptors (Lipinski definition) is 2. The molecule has 0 bridgehead atoms. The Bertz CT molecular complexity index is 474. The highest BCUT2D eigenvalue weighted by molar-refractivity contribution is 5.94. The van der Waals surface area contributed by atoms with Gasteiger partial charge in [-0.2, -0.15) is 0 Å².